The van der Waals surface area contributed by atoms with Gasteiger partial charge in [0.1, 0.15) is 12.4 Å². The Morgan fingerprint density at radius 1 is 1.10 bits per heavy atom. The summed E-state index contributed by atoms with van der Waals surface area (Å²) in [5.74, 6) is -1.59. The number of primary amides is 1. The van der Waals surface area contributed by atoms with E-state index in [0.29, 0.717) is 12.2 Å². The molecule has 29 heavy (non-hydrogen) atoms. The van der Waals surface area contributed by atoms with Crippen LogP contribution in [-0.2, 0) is 16.0 Å². The van der Waals surface area contributed by atoms with Crippen molar-refractivity contribution < 1.29 is 49.0 Å². The second-order valence-corrected chi connectivity index (χ2v) is 7.11. The van der Waals surface area contributed by atoms with Crippen LogP contribution in [0.1, 0.15) is 36.0 Å². The number of hydrogen-bond acceptors (Lipinski definition) is 4. The van der Waals surface area contributed by atoms with Gasteiger partial charge in [-0.15, -0.1) is 0 Å². The van der Waals surface area contributed by atoms with Crippen LogP contribution in [0.2, 0.25) is 0 Å². The molecule has 1 amide bonds. The third kappa shape index (κ3) is 5.72. The average molecular weight is 401 g/mol. The van der Waals surface area contributed by atoms with E-state index >= 15 is 0 Å². The minimum absolute atomic E-state index is 0. The SMILES string of the molecule is Cc1cccc(OCC(=O)[O-])c1C1=C(CCc2ccccc2)CCC1C(N)=O.[Na+]. The van der Waals surface area contributed by atoms with Gasteiger partial charge < -0.3 is 20.4 Å². The maximum atomic E-state index is 12.1. The van der Waals surface area contributed by atoms with Gasteiger partial charge in [-0.1, -0.05) is 48.0 Å². The van der Waals surface area contributed by atoms with Gasteiger partial charge in [-0.05, 0) is 55.4 Å². The van der Waals surface area contributed by atoms with Crippen LogP contribution < -0.4 is 45.1 Å². The zero-order valence-electron chi connectivity index (χ0n) is 16.9. The van der Waals surface area contributed by atoms with E-state index in [1.807, 2.05) is 37.3 Å². The summed E-state index contributed by atoms with van der Waals surface area (Å²) < 4.78 is 5.48. The molecule has 0 spiro atoms. The molecule has 1 aliphatic rings. The van der Waals surface area contributed by atoms with E-state index in [9.17, 15) is 14.7 Å². The molecule has 1 aliphatic carbocycles. The Bertz CT molecular complexity index is 908. The number of carbonyl (C=O) groups is 2. The fourth-order valence-corrected chi connectivity index (χ4v) is 3.92. The third-order valence-electron chi connectivity index (χ3n) is 5.22. The predicted octanol–water partition coefficient (Wildman–Crippen LogP) is -0.591. The van der Waals surface area contributed by atoms with Crippen molar-refractivity contribution in [2.45, 2.75) is 32.6 Å². The number of nitrogens with two attached hydrogens (primary N) is 1. The molecule has 146 valence electrons. The standard InChI is InChI=1S/C23H25NO4.Na/c1-15-6-5-9-19(28-14-20(25)26)21(15)22-17(12-13-18(22)23(24)27)11-10-16-7-3-2-4-8-16;/h2-9,18H,10-14H2,1H3,(H2,24,27)(H,25,26);/q;+1/p-1. The number of carboxylic acid groups (broad SMARTS) is 1. The van der Waals surface area contributed by atoms with Crippen LogP contribution in [-0.4, -0.2) is 18.5 Å². The molecule has 1 unspecified atom stereocenters. The molecule has 0 heterocycles. The van der Waals surface area contributed by atoms with Gasteiger partial charge in [0.15, 0.2) is 0 Å². The van der Waals surface area contributed by atoms with Crippen LogP contribution in [0.5, 0.6) is 5.75 Å². The molecule has 1 atom stereocenters. The topological polar surface area (TPSA) is 92.4 Å². The molecule has 0 fully saturated rings. The molecule has 0 radical (unpaired) electrons. The maximum Gasteiger partial charge on any atom is 1.00 e. The van der Waals surface area contributed by atoms with E-state index in [1.54, 1.807) is 6.07 Å². The Morgan fingerprint density at radius 3 is 2.48 bits per heavy atom. The zero-order chi connectivity index (χ0) is 20.1. The van der Waals surface area contributed by atoms with Crippen LogP contribution in [0.4, 0.5) is 0 Å². The van der Waals surface area contributed by atoms with Gasteiger partial charge in [-0.3, -0.25) is 4.79 Å². The molecule has 5 nitrogen and oxygen atoms in total. The van der Waals surface area contributed by atoms with Gasteiger partial charge in [0.05, 0.1) is 11.9 Å². The van der Waals surface area contributed by atoms with Crippen molar-refractivity contribution in [3.05, 3.63) is 70.8 Å². The first kappa shape index (κ1) is 23.2. The van der Waals surface area contributed by atoms with Gasteiger partial charge in [0.2, 0.25) is 5.91 Å². The van der Waals surface area contributed by atoms with Crippen molar-refractivity contribution >= 4 is 17.4 Å². The van der Waals surface area contributed by atoms with Crippen molar-refractivity contribution in [1.82, 2.24) is 0 Å². The minimum atomic E-state index is -1.29. The fourth-order valence-electron chi connectivity index (χ4n) is 3.92. The van der Waals surface area contributed by atoms with E-state index in [1.165, 1.54) is 11.1 Å². The van der Waals surface area contributed by atoms with Crippen molar-refractivity contribution in [2.24, 2.45) is 11.7 Å². The number of aliphatic carboxylic acids is 1. The van der Waals surface area contributed by atoms with Crippen LogP contribution in [0.15, 0.2) is 54.1 Å². The minimum Gasteiger partial charge on any atom is -0.546 e. The summed E-state index contributed by atoms with van der Waals surface area (Å²) in [5, 5.41) is 10.9. The quantitative estimate of drug-likeness (QED) is 0.599. The first-order valence-electron chi connectivity index (χ1n) is 9.45. The largest absolute Gasteiger partial charge is 1.00 e. The number of aryl methyl sites for hydroxylation is 2. The van der Waals surface area contributed by atoms with Crippen molar-refractivity contribution in [2.75, 3.05) is 6.61 Å². The number of rotatable bonds is 8. The number of hydrogen-bond donors (Lipinski definition) is 1. The second kappa shape index (κ2) is 10.6. The van der Waals surface area contributed by atoms with Gasteiger partial charge in [0, 0.05) is 5.56 Å². The van der Waals surface area contributed by atoms with Gasteiger partial charge in [0.25, 0.3) is 0 Å². The Labute approximate surface area is 193 Å². The first-order valence-corrected chi connectivity index (χ1v) is 9.45. The number of carboxylic acids is 1. The third-order valence-corrected chi connectivity index (χ3v) is 5.22. The van der Waals surface area contributed by atoms with Crippen LogP contribution >= 0.6 is 0 Å². The van der Waals surface area contributed by atoms with Crippen LogP contribution in [0.3, 0.4) is 0 Å². The molecule has 2 N–H and O–H groups in total. The van der Waals surface area contributed by atoms with Crippen LogP contribution in [0.25, 0.3) is 5.57 Å². The van der Waals surface area contributed by atoms with E-state index in [0.717, 1.165) is 36.0 Å². The number of allylic oxidation sites excluding steroid dienone is 1. The molecule has 0 saturated heterocycles. The normalized spacial score (nSPS) is 15.7. The summed E-state index contributed by atoms with van der Waals surface area (Å²) in [6.45, 7) is 1.39. The molecular formula is C23H24NNaO4. The molecular weight excluding hydrogens is 377 g/mol. The van der Waals surface area contributed by atoms with Crippen molar-refractivity contribution in [1.29, 1.82) is 0 Å². The number of amides is 1. The number of benzene rings is 2. The Balaban J connectivity index is 0.00000300. The van der Waals surface area contributed by atoms with E-state index < -0.39 is 18.5 Å². The molecule has 2 aromatic rings. The molecule has 0 aromatic heterocycles. The summed E-state index contributed by atoms with van der Waals surface area (Å²) in [4.78, 5) is 23.0. The average Bonchev–Trinajstić information content (AvgIpc) is 3.09. The Morgan fingerprint density at radius 2 is 1.83 bits per heavy atom. The predicted molar refractivity (Wildman–Crippen MR) is 105 cm³/mol. The Kier molecular flexibility index (Phi) is 8.50. The summed E-state index contributed by atoms with van der Waals surface area (Å²) in [7, 11) is 0. The number of ether oxygens (including phenoxy) is 1. The van der Waals surface area contributed by atoms with Gasteiger partial charge in [-0.2, -0.15) is 0 Å². The summed E-state index contributed by atoms with van der Waals surface area (Å²) in [5.41, 5.74) is 10.7. The molecule has 2 aromatic carbocycles. The summed E-state index contributed by atoms with van der Waals surface area (Å²) in [6, 6.07) is 15.6. The molecule has 0 aliphatic heterocycles. The van der Waals surface area contributed by atoms with Crippen LogP contribution in [0, 0.1) is 12.8 Å². The fraction of sp³-hybridized carbons (Fsp3) is 0.304. The van der Waals surface area contributed by atoms with E-state index in [4.69, 9.17) is 10.5 Å². The van der Waals surface area contributed by atoms with E-state index in [2.05, 4.69) is 12.1 Å². The Hall–Kier alpha value is -2.08. The van der Waals surface area contributed by atoms with Crippen molar-refractivity contribution in [3.63, 3.8) is 0 Å². The molecule has 0 bridgehead atoms. The first-order chi connectivity index (χ1) is 13.5. The maximum absolute atomic E-state index is 12.1. The molecule has 3 rings (SSSR count). The molecule has 6 heteroatoms. The van der Waals surface area contributed by atoms with E-state index in [-0.39, 0.29) is 35.5 Å². The zero-order valence-corrected chi connectivity index (χ0v) is 18.9. The summed E-state index contributed by atoms with van der Waals surface area (Å²) in [6.07, 6.45) is 3.15. The second-order valence-electron chi connectivity index (χ2n) is 7.11. The monoisotopic (exact) mass is 401 g/mol. The number of carbonyl (C=O) groups excluding carboxylic acids is 2. The van der Waals surface area contributed by atoms with Gasteiger partial charge in [-0.25, -0.2) is 0 Å². The smallest absolute Gasteiger partial charge is 0.546 e. The van der Waals surface area contributed by atoms with Gasteiger partial charge >= 0.3 is 29.6 Å². The molecule has 0 saturated carbocycles. The van der Waals surface area contributed by atoms with Crippen molar-refractivity contribution in [3.8, 4) is 5.75 Å². The summed E-state index contributed by atoms with van der Waals surface area (Å²) >= 11 is 0.